The molecule has 2 unspecified atom stereocenters. The van der Waals surface area contributed by atoms with Crippen molar-refractivity contribution < 1.29 is 9.26 Å². The number of nitrogens with zero attached hydrogens (tertiary/aromatic N) is 2. The molecule has 0 bridgehead atoms. The zero-order chi connectivity index (χ0) is 12.9. The molecule has 0 fully saturated rings. The average molecular weight is 241 g/mol. The van der Waals surface area contributed by atoms with Crippen LogP contribution in [0.15, 0.2) is 4.52 Å². The van der Waals surface area contributed by atoms with Crippen molar-refractivity contribution in [2.24, 2.45) is 5.73 Å². The summed E-state index contributed by atoms with van der Waals surface area (Å²) in [5, 5.41) is 4.00. The van der Waals surface area contributed by atoms with Crippen LogP contribution in [-0.4, -0.2) is 22.8 Å². The first kappa shape index (κ1) is 14.1. The SMILES string of the molecule is CCOC(C)(CC)c1noc(CC(N)CC)n1. The molecule has 0 radical (unpaired) electrons. The Morgan fingerprint density at radius 2 is 2.12 bits per heavy atom. The highest BCUT2D eigenvalue weighted by Gasteiger charge is 2.30. The first-order chi connectivity index (χ1) is 8.05. The first-order valence-corrected chi connectivity index (χ1v) is 6.28. The monoisotopic (exact) mass is 241 g/mol. The smallest absolute Gasteiger partial charge is 0.228 e. The van der Waals surface area contributed by atoms with Gasteiger partial charge in [0, 0.05) is 19.1 Å². The molecule has 0 amide bonds. The van der Waals surface area contributed by atoms with E-state index in [1.54, 1.807) is 0 Å². The number of hydrogen-bond acceptors (Lipinski definition) is 5. The molecule has 2 atom stereocenters. The Morgan fingerprint density at radius 1 is 1.41 bits per heavy atom. The lowest BCUT2D eigenvalue weighted by Gasteiger charge is -2.23. The molecule has 0 saturated carbocycles. The molecular weight excluding hydrogens is 218 g/mol. The fourth-order valence-electron chi connectivity index (χ4n) is 1.56. The molecule has 1 heterocycles. The maximum atomic E-state index is 5.86. The van der Waals surface area contributed by atoms with Gasteiger partial charge < -0.3 is 15.0 Å². The molecular formula is C12H23N3O2. The van der Waals surface area contributed by atoms with Crippen molar-refractivity contribution >= 4 is 0 Å². The minimum atomic E-state index is -0.465. The van der Waals surface area contributed by atoms with Crippen LogP contribution >= 0.6 is 0 Å². The second kappa shape index (κ2) is 6.12. The molecule has 0 aliphatic heterocycles. The lowest BCUT2D eigenvalue weighted by atomic mass is 10.0. The van der Waals surface area contributed by atoms with E-state index in [4.69, 9.17) is 15.0 Å². The lowest BCUT2D eigenvalue weighted by molar-refractivity contribution is -0.0403. The minimum absolute atomic E-state index is 0.0725. The van der Waals surface area contributed by atoms with E-state index < -0.39 is 5.60 Å². The Balaban J connectivity index is 2.78. The summed E-state index contributed by atoms with van der Waals surface area (Å²) in [7, 11) is 0. The molecule has 0 aliphatic carbocycles. The van der Waals surface area contributed by atoms with Crippen LogP contribution in [0.4, 0.5) is 0 Å². The highest BCUT2D eigenvalue weighted by Crippen LogP contribution is 2.26. The van der Waals surface area contributed by atoms with Gasteiger partial charge in [-0.1, -0.05) is 19.0 Å². The third kappa shape index (κ3) is 3.51. The second-order valence-corrected chi connectivity index (χ2v) is 4.40. The van der Waals surface area contributed by atoms with Crippen molar-refractivity contribution in [3.05, 3.63) is 11.7 Å². The summed E-state index contributed by atoms with van der Waals surface area (Å²) in [4.78, 5) is 4.38. The quantitative estimate of drug-likeness (QED) is 0.790. The molecule has 2 N–H and O–H groups in total. The van der Waals surface area contributed by atoms with Gasteiger partial charge in [-0.3, -0.25) is 0 Å². The molecule has 0 aliphatic rings. The van der Waals surface area contributed by atoms with E-state index in [-0.39, 0.29) is 6.04 Å². The molecule has 5 heteroatoms. The van der Waals surface area contributed by atoms with E-state index in [1.165, 1.54) is 0 Å². The fraction of sp³-hybridized carbons (Fsp3) is 0.833. The standard InChI is InChI=1S/C12H23N3O2/c1-5-9(13)8-10-14-11(15-17-10)12(4,6-2)16-7-3/h9H,5-8,13H2,1-4H3. The van der Waals surface area contributed by atoms with Gasteiger partial charge in [-0.25, -0.2) is 0 Å². The topological polar surface area (TPSA) is 74.2 Å². The van der Waals surface area contributed by atoms with E-state index in [9.17, 15) is 0 Å². The highest BCUT2D eigenvalue weighted by molar-refractivity contribution is 4.99. The van der Waals surface area contributed by atoms with Crippen LogP contribution in [0.5, 0.6) is 0 Å². The summed E-state index contributed by atoms with van der Waals surface area (Å²) in [6.07, 6.45) is 2.32. The van der Waals surface area contributed by atoms with Gasteiger partial charge in [0.1, 0.15) is 5.60 Å². The Labute approximate surface area is 103 Å². The summed E-state index contributed by atoms with van der Waals surface area (Å²) in [5.41, 5.74) is 5.39. The van der Waals surface area contributed by atoms with Crippen LogP contribution in [0.2, 0.25) is 0 Å². The van der Waals surface area contributed by atoms with Gasteiger partial charge in [-0.15, -0.1) is 0 Å². The minimum Gasteiger partial charge on any atom is -0.367 e. The molecule has 0 saturated heterocycles. The second-order valence-electron chi connectivity index (χ2n) is 4.40. The lowest BCUT2D eigenvalue weighted by Crippen LogP contribution is -2.27. The van der Waals surface area contributed by atoms with Crippen molar-refractivity contribution in [1.82, 2.24) is 10.1 Å². The maximum absolute atomic E-state index is 5.86. The number of rotatable bonds is 7. The normalized spacial score (nSPS) is 16.8. The largest absolute Gasteiger partial charge is 0.367 e. The highest BCUT2D eigenvalue weighted by atomic mass is 16.5. The van der Waals surface area contributed by atoms with Gasteiger partial charge >= 0.3 is 0 Å². The van der Waals surface area contributed by atoms with Crippen molar-refractivity contribution in [3.8, 4) is 0 Å². The molecule has 0 aromatic carbocycles. The first-order valence-electron chi connectivity index (χ1n) is 6.28. The molecule has 0 spiro atoms. The van der Waals surface area contributed by atoms with Gasteiger partial charge in [0.25, 0.3) is 0 Å². The van der Waals surface area contributed by atoms with E-state index in [2.05, 4.69) is 10.1 Å². The van der Waals surface area contributed by atoms with Crippen LogP contribution < -0.4 is 5.73 Å². The van der Waals surface area contributed by atoms with E-state index in [0.29, 0.717) is 24.7 Å². The summed E-state index contributed by atoms with van der Waals surface area (Å²) in [6.45, 7) is 8.65. The predicted octanol–water partition coefficient (Wildman–Crippen LogP) is 2.01. The third-order valence-electron chi connectivity index (χ3n) is 3.04. The summed E-state index contributed by atoms with van der Waals surface area (Å²) in [5.74, 6) is 1.20. The van der Waals surface area contributed by atoms with Crippen LogP contribution in [0.1, 0.15) is 52.3 Å². The van der Waals surface area contributed by atoms with Crippen LogP contribution in [0, 0.1) is 0 Å². The summed E-state index contributed by atoms with van der Waals surface area (Å²) < 4.78 is 10.9. The number of aromatic nitrogens is 2. The molecule has 5 nitrogen and oxygen atoms in total. The van der Waals surface area contributed by atoms with Crippen molar-refractivity contribution in [2.45, 2.75) is 58.6 Å². The summed E-state index contributed by atoms with van der Waals surface area (Å²) >= 11 is 0. The van der Waals surface area contributed by atoms with Crippen molar-refractivity contribution in [1.29, 1.82) is 0 Å². The molecule has 1 aromatic rings. The third-order valence-corrected chi connectivity index (χ3v) is 3.04. The van der Waals surface area contributed by atoms with E-state index in [1.807, 2.05) is 27.7 Å². The van der Waals surface area contributed by atoms with Gasteiger partial charge in [0.15, 0.2) is 0 Å². The number of nitrogens with two attached hydrogens (primary N) is 1. The molecule has 1 rings (SSSR count). The van der Waals surface area contributed by atoms with Gasteiger partial charge in [0.2, 0.25) is 11.7 Å². The number of hydrogen-bond donors (Lipinski definition) is 1. The Bertz CT molecular complexity index is 340. The van der Waals surface area contributed by atoms with Gasteiger partial charge in [0.05, 0.1) is 0 Å². The predicted molar refractivity (Wildman–Crippen MR) is 65.5 cm³/mol. The molecule has 1 aromatic heterocycles. The Kier molecular flexibility index (Phi) is 5.08. The van der Waals surface area contributed by atoms with Crippen LogP contribution in [-0.2, 0) is 16.8 Å². The van der Waals surface area contributed by atoms with Crippen molar-refractivity contribution in [3.63, 3.8) is 0 Å². The maximum Gasteiger partial charge on any atom is 0.228 e. The van der Waals surface area contributed by atoms with E-state index >= 15 is 0 Å². The molecule has 98 valence electrons. The zero-order valence-corrected chi connectivity index (χ0v) is 11.2. The Hall–Kier alpha value is -0.940. The van der Waals surface area contributed by atoms with E-state index in [0.717, 1.165) is 12.8 Å². The van der Waals surface area contributed by atoms with Gasteiger partial charge in [-0.05, 0) is 26.7 Å². The summed E-state index contributed by atoms with van der Waals surface area (Å²) in [6, 6.07) is 0.0725. The van der Waals surface area contributed by atoms with Crippen molar-refractivity contribution in [2.75, 3.05) is 6.61 Å². The number of ether oxygens (including phenoxy) is 1. The Morgan fingerprint density at radius 3 is 2.65 bits per heavy atom. The van der Waals surface area contributed by atoms with Crippen LogP contribution in [0.3, 0.4) is 0 Å². The average Bonchev–Trinajstić information content (AvgIpc) is 2.78. The zero-order valence-electron chi connectivity index (χ0n) is 11.2. The van der Waals surface area contributed by atoms with Gasteiger partial charge in [-0.2, -0.15) is 4.98 Å². The fourth-order valence-corrected chi connectivity index (χ4v) is 1.56. The van der Waals surface area contributed by atoms with Crippen LogP contribution in [0.25, 0.3) is 0 Å². The molecule has 17 heavy (non-hydrogen) atoms.